The maximum Gasteiger partial charge on any atom is 0.273 e. The molecule has 0 radical (unpaired) electrons. The molecule has 0 spiro atoms. The molecule has 4 N–H and O–H groups in total. The van der Waals surface area contributed by atoms with Gasteiger partial charge in [-0.3, -0.25) is 4.55 Å². The Labute approximate surface area is 92.2 Å². The fourth-order valence-electron chi connectivity index (χ4n) is 1.62. The van der Waals surface area contributed by atoms with Gasteiger partial charge in [0.1, 0.15) is 23.6 Å². The molecule has 0 aromatic carbocycles. The van der Waals surface area contributed by atoms with Crippen LogP contribution in [-0.4, -0.2) is 71.9 Å². The van der Waals surface area contributed by atoms with E-state index in [2.05, 4.69) is 4.74 Å². The van der Waals surface area contributed by atoms with E-state index in [1.54, 1.807) is 0 Å². The number of aliphatic hydroxyl groups is 3. The highest BCUT2D eigenvalue weighted by Gasteiger charge is 2.50. The molecular weight excluding hydrogens is 244 g/mol. The summed E-state index contributed by atoms with van der Waals surface area (Å²) in [6.07, 6.45) is -6.05. The van der Waals surface area contributed by atoms with Crippen LogP contribution in [0.15, 0.2) is 0 Å². The van der Waals surface area contributed by atoms with Crippen molar-refractivity contribution in [2.24, 2.45) is 0 Å². The molecule has 0 bridgehead atoms. The number of rotatable bonds is 3. The van der Waals surface area contributed by atoms with Crippen LogP contribution in [0, 0.1) is 0 Å². The van der Waals surface area contributed by atoms with Crippen molar-refractivity contribution in [1.29, 1.82) is 0 Å². The van der Waals surface area contributed by atoms with E-state index >= 15 is 0 Å². The largest absolute Gasteiger partial charge is 0.394 e. The molecule has 1 heterocycles. The van der Waals surface area contributed by atoms with Crippen molar-refractivity contribution in [3.8, 4) is 0 Å². The van der Waals surface area contributed by atoms with E-state index in [0.29, 0.717) is 0 Å². The lowest BCUT2D eigenvalue weighted by atomic mass is 10.0. The lowest BCUT2D eigenvalue weighted by molar-refractivity contribution is -0.260. The van der Waals surface area contributed by atoms with Crippen molar-refractivity contribution < 1.29 is 37.8 Å². The summed E-state index contributed by atoms with van der Waals surface area (Å²) in [5.74, 6) is 0. The Bertz CT molecular complexity index is 325. The standard InChI is InChI=1S/C7H14O8S/c1-14-7-5(10)4(9)6(16(11,12)13)3(2-8)15-7/h3-10H,2H2,1H3,(H,11,12,13)/t3-,4-,5-,6+,7+/m1/s1. The second kappa shape index (κ2) is 4.92. The number of ether oxygens (including phenoxy) is 2. The van der Waals surface area contributed by atoms with Gasteiger partial charge in [0.2, 0.25) is 0 Å². The SMILES string of the molecule is CO[C@H]1O[C@H](CO)[C@H](S(=O)(=O)O)[C@H](O)[C@H]1O. The molecule has 0 aromatic heterocycles. The molecular formula is C7H14O8S. The van der Waals surface area contributed by atoms with Crippen LogP contribution in [0.5, 0.6) is 0 Å². The van der Waals surface area contributed by atoms with E-state index in [0.717, 1.165) is 0 Å². The molecule has 96 valence electrons. The van der Waals surface area contributed by atoms with Gasteiger partial charge in [-0.2, -0.15) is 8.42 Å². The van der Waals surface area contributed by atoms with Gasteiger partial charge < -0.3 is 24.8 Å². The summed E-state index contributed by atoms with van der Waals surface area (Å²) in [5, 5.41) is 26.0. The molecule has 1 aliphatic rings. The first-order valence-electron chi connectivity index (χ1n) is 4.44. The van der Waals surface area contributed by atoms with Crippen LogP contribution >= 0.6 is 0 Å². The molecule has 0 aromatic rings. The van der Waals surface area contributed by atoms with Crippen molar-refractivity contribution in [3.63, 3.8) is 0 Å². The van der Waals surface area contributed by atoms with E-state index in [1.807, 2.05) is 0 Å². The molecule has 1 rings (SSSR count). The van der Waals surface area contributed by atoms with Crippen LogP contribution < -0.4 is 0 Å². The Balaban J connectivity index is 3.00. The van der Waals surface area contributed by atoms with Crippen LogP contribution in [0.25, 0.3) is 0 Å². The summed E-state index contributed by atoms with van der Waals surface area (Å²) in [5.41, 5.74) is 0. The molecule has 9 heteroatoms. The average molecular weight is 258 g/mol. The molecule has 1 fully saturated rings. The molecule has 0 amide bonds. The first-order valence-corrected chi connectivity index (χ1v) is 5.94. The maximum atomic E-state index is 11.0. The molecule has 1 saturated heterocycles. The highest BCUT2D eigenvalue weighted by Crippen LogP contribution is 2.25. The van der Waals surface area contributed by atoms with Crippen LogP contribution in [-0.2, 0) is 19.6 Å². The van der Waals surface area contributed by atoms with E-state index < -0.39 is 46.6 Å². The minimum absolute atomic E-state index is 0.742. The van der Waals surface area contributed by atoms with Crippen molar-refractivity contribution in [3.05, 3.63) is 0 Å². The Hall–Kier alpha value is -0.290. The minimum Gasteiger partial charge on any atom is -0.394 e. The highest BCUT2D eigenvalue weighted by molar-refractivity contribution is 7.86. The Kier molecular flexibility index (Phi) is 4.23. The predicted molar refractivity (Wildman–Crippen MR) is 50.1 cm³/mol. The highest BCUT2D eigenvalue weighted by atomic mass is 32.2. The summed E-state index contributed by atoms with van der Waals surface area (Å²) in [6, 6.07) is 0. The molecule has 8 nitrogen and oxygen atoms in total. The monoisotopic (exact) mass is 258 g/mol. The zero-order valence-electron chi connectivity index (χ0n) is 8.42. The normalized spacial score (nSPS) is 40.9. The van der Waals surface area contributed by atoms with Crippen LogP contribution in [0.2, 0.25) is 0 Å². The fraction of sp³-hybridized carbons (Fsp3) is 1.00. The summed E-state index contributed by atoms with van der Waals surface area (Å²) in [4.78, 5) is 0. The maximum absolute atomic E-state index is 11.0. The van der Waals surface area contributed by atoms with Gasteiger partial charge in [0, 0.05) is 7.11 Å². The summed E-state index contributed by atoms with van der Waals surface area (Å²) in [6.45, 7) is -0.742. The van der Waals surface area contributed by atoms with Gasteiger partial charge in [0.25, 0.3) is 10.1 Å². The van der Waals surface area contributed by atoms with E-state index in [-0.39, 0.29) is 0 Å². The number of aliphatic hydroxyl groups excluding tert-OH is 3. The molecule has 5 atom stereocenters. The molecule has 0 unspecified atom stereocenters. The van der Waals surface area contributed by atoms with E-state index in [9.17, 15) is 18.6 Å². The Morgan fingerprint density at radius 1 is 1.31 bits per heavy atom. The van der Waals surface area contributed by atoms with Crippen molar-refractivity contribution in [1.82, 2.24) is 0 Å². The summed E-state index contributed by atoms with van der Waals surface area (Å²) in [7, 11) is -3.47. The van der Waals surface area contributed by atoms with Crippen molar-refractivity contribution in [2.75, 3.05) is 13.7 Å². The third-order valence-corrected chi connectivity index (χ3v) is 3.67. The van der Waals surface area contributed by atoms with Gasteiger partial charge in [0.05, 0.1) is 6.61 Å². The topological polar surface area (TPSA) is 134 Å². The zero-order valence-corrected chi connectivity index (χ0v) is 9.24. The van der Waals surface area contributed by atoms with Crippen LogP contribution in [0.3, 0.4) is 0 Å². The van der Waals surface area contributed by atoms with Crippen molar-refractivity contribution >= 4 is 10.1 Å². The number of methoxy groups -OCH3 is 1. The molecule has 1 aliphatic heterocycles. The van der Waals surface area contributed by atoms with Gasteiger partial charge in [-0.1, -0.05) is 0 Å². The summed E-state index contributed by atoms with van der Waals surface area (Å²) < 4.78 is 40.3. The third-order valence-electron chi connectivity index (χ3n) is 2.40. The first kappa shape index (κ1) is 13.8. The van der Waals surface area contributed by atoms with Gasteiger partial charge in [-0.15, -0.1) is 0 Å². The first-order chi connectivity index (χ1) is 7.32. The van der Waals surface area contributed by atoms with Gasteiger partial charge in [-0.25, -0.2) is 0 Å². The smallest absolute Gasteiger partial charge is 0.273 e. The van der Waals surface area contributed by atoms with E-state index in [1.165, 1.54) is 7.11 Å². The lowest BCUT2D eigenvalue weighted by Crippen LogP contribution is -2.61. The second-order valence-corrected chi connectivity index (χ2v) is 5.00. The quantitative estimate of drug-likeness (QED) is 0.403. The van der Waals surface area contributed by atoms with Gasteiger partial charge >= 0.3 is 0 Å². The Morgan fingerprint density at radius 3 is 2.25 bits per heavy atom. The van der Waals surface area contributed by atoms with Crippen molar-refractivity contribution in [2.45, 2.75) is 29.9 Å². The third kappa shape index (κ3) is 2.51. The second-order valence-electron chi connectivity index (χ2n) is 3.42. The van der Waals surface area contributed by atoms with E-state index in [4.69, 9.17) is 14.4 Å². The van der Waals surface area contributed by atoms with Crippen LogP contribution in [0.1, 0.15) is 0 Å². The molecule has 0 saturated carbocycles. The minimum atomic E-state index is -4.65. The molecule has 16 heavy (non-hydrogen) atoms. The molecule has 0 aliphatic carbocycles. The Morgan fingerprint density at radius 2 is 1.88 bits per heavy atom. The number of hydrogen-bond acceptors (Lipinski definition) is 7. The van der Waals surface area contributed by atoms with Gasteiger partial charge in [-0.05, 0) is 0 Å². The number of hydrogen-bond donors (Lipinski definition) is 4. The average Bonchev–Trinajstić information content (AvgIpc) is 2.19. The fourth-order valence-corrected chi connectivity index (χ4v) is 2.66. The van der Waals surface area contributed by atoms with Gasteiger partial charge in [0.15, 0.2) is 6.29 Å². The summed E-state index contributed by atoms with van der Waals surface area (Å²) >= 11 is 0. The zero-order chi connectivity index (χ0) is 12.5. The van der Waals surface area contributed by atoms with Crippen LogP contribution in [0.4, 0.5) is 0 Å². The predicted octanol–water partition coefficient (Wildman–Crippen LogP) is -2.67. The lowest BCUT2D eigenvalue weighted by Gasteiger charge is -2.39.